The van der Waals surface area contributed by atoms with Crippen LogP contribution in [0.15, 0.2) is 0 Å². The molecule has 1 unspecified atom stereocenters. The fraction of sp³-hybridized carbons (Fsp3) is 0.786. The monoisotopic (exact) mass is 256 g/mol. The van der Waals surface area contributed by atoms with Crippen LogP contribution in [0.25, 0.3) is 0 Å². The van der Waals surface area contributed by atoms with Gasteiger partial charge in [0.05, 0.1) is 11.1 Å². The van der Waals surface area contributed by atoms with Crippen molar-refractivity contribution in [3.8, 4) is 0 Å². The summed E-state index contributed by atoms with van der Waals surface area (Å²) in [5, 5.41) is 4.71. The van der Waals surface area contributed by atoms with Gasteiger partial charge in [0, 0.05) is 17.8 Å². The van der Waals surface area contributed by atoms with Gasteiger partial charge in [-0.05, 0) is 39.0 Å². The molecule has 0 bridgehead atoms. The van der Waals surface area contributed by atoms with Crippen LogP contribution in [0.2, 0.25) is 0 Å². The van der Waals surface area contributed by atoms with Crippen LogP contribution in [-0.2, 0) is 6.54 Å². The highest BCUT2D eigenvalue weighted by atomic mass is 35.5. The molecule has 0 amide bonds. The summed E-state index contributed by atoms with van der Waals surface area (Å²) in [5.74, 6) is 0.767. The maximum atomic E-state index is 6.35. The van der Waals surface area contributed by atoms with E-state index in [2.05, 4.69) is 44.4 Å². The first-order valence-electron chi connectivity index (χ1n) is 6.65. The molecular weight excluding hydrogens is 232 g/mol. The highest BCUT2D eigenvalue weighted by Gasteiger charge is 2.17. The van der Waals surface area contributed by atoms with Gasteiger partial charge in [0.25, 0.3) is 0 Å². The molecule has 0 aliphatic carbocycles. The molecule has 0 aromatic carbocycles. The number of hydrogen-bond donors (Lipinski definition) is 0. The van der Waals surface area contributed by atoms with Crippen molar-refractivity contribution in [1.29, 1.82) is 0 Å². The van der Waals surface area contributed by atoms with Crippen LogP contribution in [0, 0.1) is 19.8 Å². The van der Waals surface area contributed by atoms with Gasteiger partial charge in [-0.1, -0.05) is 20.8 Å². The van der Waals surface area contributed by atoms with E-state index >= 15 is 0 Å². The summed E-state index contributed by atoms with van der Waals surface area (Å²) in [5.41, 5.74) is 3.57. The third-order valence-corrected chi connectivity index (χ3v) is 3.79. The molecule has 98 valence electrons. The SMILES string of the molecule is CCC(Cl)c1c(C)nn(CCCC(C)C)c1C. The third-order valence-electron chi connectivity index (χ3n) is 3.26. The Morgan fingerprint density at radius 1 is 1.29 bits per heavy atom. The van der Waals surface area contributed by atoms with Crippen LogP contribution in [0.5, 0.6) is 0 Å². The predicted molar refractivity (Wildman–Crippen MR) is 74.7 cm³/mol. The molecule has 0 aliphatic heterocycles. The van der Waals surface area contributed by atoms with E-state index in [4.69, 9.17) is 11.6 Å². The molecular formula is C14H25ClN2. The molecule has 0 spiro atoms. The van der Waals surface area contributed by atoms with Gasteiger partial charge in [0.1, 0.15) is 0 Å². The minimum atomic E-state index is 0.105. The zero-order valence-corrected chi connectivity index (χ0v) is 12.5. The van der Waals surface area contributed by atoms with E-state index in [0.717, 1.165) is 24.6 Å². The number of halogens is 1. The summed E-state index contributed by atoms with van der Waals surface area (Å²) in [6.07, 6.45) is 3.41. The molecule has 1 heterocycles. The highest BCUT2D eigenvalue weighted by molar-refractivity contribution is 6.20. The zero-order valence-electron chi connectivity index (χ0n) is 11.8. The molecule has 1 rings (SSSR count). The van der Waals surface area contributed by atoms with E-state index < -0.39 is 0 Å². The molecule has 1 aromatic heterocycles. The summed E-state index contributed by atoms with van der Waals surface area (Å²) in [4.78, 5) is 0. The Kier molecular flexibility index (Phi) is 5.51. The molecule has 17 heavy (non-hydrogen) atoms. The van der Waals surface area contributed by atoms with E-state index in [9.17, 15) is 0 Å². The summed E-state index contributed by atoms with van der Waals surface area (Å²) in [6, 6.07) is 0. The molecule has 1 atom stereocenters. The van der Waals surface area contributed by atoms with Crippen molar-refractivity contribution in [2.24, 2.45) is 5.92 Å². The number of aryl methyl sites for hydroxylation is 2. The van der Waals surface area contributed by atoms with Gasteiger partial charge in [-0.3, -0.25) is 4.68 Å². The topological polar surface area (TPSA) is 17.8 Å². The van der Waals surface area contributed by atoms with Gasteiger partial charge in [-0.15, -0.1) is 11.6 Å². The number of rotatable bonds is 6. The maximum absolute atomic E-state index is 6.35. The lowest BCUT2D eigenvalue weighted by Gasteiger charge is -2.09. The van der Waals surface area contributed by atoms with Gasteiger partial charge >= 0.3 is 0 Å². The third kappa shape index (κ3) is 3.74. The van der Waals surface area contributed by atoms with Crippen LogP contribution in [-0.4, -0.2) is 9.78 Å². The van der Waals surface area contributed by atoms with Crippen LogP contribution < -0.4 is 0 Å². The Labute approximate surface area is 110 Å². The minimum absolute atomic E-state index is 0.105. The Morgan fingerprint density at radius 3 is 2.47 bits per heavy atom. The van der Waals surface area contributed by atoms with Gasteiger partial charge in [0.2, 0.25) is 0 Å². The largest absolute Gasteiger partial charge is 0.269 e. The van der Waals surface area contributed by atoms with E-state index in [1.165, 1.54) is 24.1 Å². The Hall–Kier alpha value is -0.500. The summed E-state index contributed by atoms with van der Waals surface area (Å²) < 4.78 is 2.12. The van der Waals surface area contributed by atoms with Crippen LogP contribution in [0.3, 0.4) is 0 Å². The summed E-state index contributed by atoms with van der Waals surface area (Å²) in [6.45, 7) is 11.9. The first kappa shape index (κ1) is 14.6. The normalized spacial score (nSPS) is 13.4. The quantitative estimate of drug-likeness (QED) is 0.679. The van der Waals surface area contributed by atoms with Crippen LogP contribution in [0.1, 0.15) is 62.4 Å². The van der Waals surface area contributed by atoms with Crippen molar-refractivity contribution in [2.45, 2.75) is 65.8 Å². The number of aromatic nitrogens is 2. The smallest absolute Gasteiger partial charge is 0.0643 e. The predicted octanol–water partition coefficient (Wildman–Crippen LogP) is 4.63. The molecule has 2 nitrogen and oxygen atoms in total. The number of alkyl halides is 1. The first-order chi connectivity index (χ1) is 7.97. The average molecular weight is 257 g/mol. The van der Waals surface area contributed by atoms with Gasteiger partial charge in [-0.2, -0.15) is 5.10 Å². The second-order valence-corrected chi connectivity index (χ2v) is 5.75. The van der Waals surface area contributed by atoms with Gasteiger partial charge in [-0.25, -0.2) is 0 Å². The standard InChI is InChI=1S/C14H25ClN2/c1-6-13(15)14-11(4)16-17(12(14)5)9-7-8-10(2)3/h10,13H,6-9H2,1-5H3. The Morgan fingerprint density at radius 2 is 1.94 bits per heavy atom. The lowest BCUT2D eigenvalue weighted by atomic mass is 10.1. The lowest BCUT2D eigenvalue weighted by molar-refractivity contribution is 0.483. The molecule has 1 aromatic rings. The van der Waals surface area contributed by atoms with Crippen molar-refractivity contribution < 1.29 is 0 Å². The Balaban J connectivity index is 2.74. The highest BCUT2D eigenvalue weighted by Crippen LogP contribution is 2.29. The van der Waals surface area contributed by atoms with Crippen molar-refractivity contribution in [2.75, 3.05) is 0 Å². The van der Waals surface area contributed by atoms with E-state index in [1.807, 2.05) is 0 Å². The van der Waals surface area contributed by atoms with Crippen molar-refractivity contribution >= 4 is 11.6 Å². The first-order valence-corrected chi connectivity index (χ1v) is 7.09. The molecule has 0 N–H and O–H groups in total. The zero-order chi connectivity index (χ0) is 13.0. The molecule has 0 radical (unpaired) electrons. The van der Waals surface area contributed by atoms with E-state index in [0.29, 0.717) is 0 Å². The lowest BCUT2D eigenvalue weighted by Crippen LogP contribution is -2.04. The van der Waals surface area contributed by atoms with E-state index in [-0.39, 0.29) is 5.38 Å². The summed E-state index contributed by atoms with van der Waals surface area (Å²) >= 11 is 6.35. The van der Waals surface area contributed by atoms with Gasteiger partial charge in [0.15, 0.2) is 0 Å². The molecule has 0 fully saturated rings. The average Bonchev–Trinajstić information content (AvgIpc) is 2.53. The number of nitrogens with zero attached hydrogens (tertiary/aromatic N) is 2. The molecule has 0 aliphatic rings. The van der Waals surface area contributed by atoms with E-state index in [1.54, 1.807) is 0 Å². The second kappa shape index (κ2) is 6.44. The van der Waals surface area contributed by atoms with Crippen LogP contribution >= 0.6 is 11.6 Å². The minimum Gasteiger partial charge on any atom is -0.269 e. The van der Waals surface area contributed by atoms with Gasteiger partial charge < -0.3 is 0 Å². The number of hydrogen-bond acceptors (Lipinski definition) is 1. The maximum Gasteiger partial charge on any atom is 0.0643 e. The molecule has 0 saturated carbocycles. The Bertz CT molecular complexity index is 355. The molecule has 0 saturated heterocycles. The summed E-state index contributed by atoms with van der Waals surface area (Å²) in [7, 11) is 0. The second-order valence-electron chi connectivity index (χ2n) is 5.22. The fourth-order valence-corrected chi connectivity index (χ4v) is 2.55. The van der Waals surface area contributed by atoms with Crippen molar-refractivity contribution in [3.05, 3.63) is 17.0 Å². The fourth-order valence-electron chi connectivity index (χ4n) is 2.24. The van der Waals surface area contributed by atoms with Crippen molar-refractivity contribution in [1.82, 2.24) is 9.78 Å². The van der Waals surface area contributed by atoms with Crippen LogP contribution in [0.4, 0.5) is 0 Å². The van der Waals surface area contributed by atoms with Crippen molar-refractivity contribution in [3.63, 3.8) is 0 Å². The molecule has 3 heteroatoms.